The molecule has 6 aromatic carbocycles. The second-order valence-corrected chi connectivity index (χ2v) is 15.7. The molecule has 1 nitrogen and oxygen atoms in total. The van der Waals surface area contributed by atoms with Gasteiger partial charge in [-0.2, -0.15) is 0 Å². The summed E-state index contributed by atoms with van der Waals surface area (Å²) in [4.78, 5) is 2.62. The molecule has 0 radical (unpaired) electrons. The van der Waals surface area contributed by atoms with E-state index in [0.717, 1.165) is 0 Å². The van der Waals surface area contributed by atoms with Gasteiger partial charge in [-0.3, -0.25) is 0 Å². The minimum Gasteiger partial charge on any atom is -0.310 e. The van der Waals surface area contributed by atoms with Crippen molar-refractivity contribution in [1.82, 2.24) is 0 Å². The normalized spacial score (nSPS) is 20.9. The Balaban J connectivity index is 1.28. The molecule has 0 amide bonds. The fourth-order valence-electron chi connectivity index (χ4n) is 10.2. The zero-order valence-corrected chi connectivity index (χ0v) is 28.1. The van der Waals surface area contributed by atoms with Gasteiger partial charge in [-0.1, -0.05) is 136 Å². The third-order valence-electron chi connectivity index (χ3n) is 12.4. The molecule has 4 aliphatic carbocycles. The largest absolute Gasteiger partial charge is 0.310 e. The lowest BCUT2D eigenvalue weighted by molar-refractivity contribution is 0.278. The third kappa shape index (κ3) is 3.57. The Kier molecular flexibility index (Phi) is 5.77. The van der Waals surface area contributed by atoms with E-state index in [-0.39, 0.29) is 10.8 Å². The average Bonchev–Trinajstić information content (AvgIpc) is 3.43. The lowest BCUT2D eigenvalue weighted by Crippen LogP contribution is -2.43. The van der Waals surface area contributed by atoms with Crippen LogP contribution >= 0.6 is 0 Å². The first-order valence-corrected chi connectivity index (χ1v) is 17.9. The minimum atomic E-state index is -0.421. The van der Waals surface area contributed by atoms with Crippen LogP contribution in [0.25, 0.3) is 11.1 Å². The van der Waals surface area contributed by atoms with E-state index in [1.54, 1.807) is 11.1 Å². The van der Waals surface area contributed by atoms with Crippen LogP contribution in [0.2, 0.25) is 0 Å². The molecule has 0 unspecified atom stereocenters. The highest BCUT2D eigenvalue weighted by molar-refractivity contribution is 5.92. The van der Waals surface area contributed by atoms with Gasteiger partial charge in [0.25, 0.3) is 0 Å². The van der Waals surface area contributed by atoms with Crippen LogP contribution in [-0.4, -0.2) is 0 Å². The number of rotatable bonds is 3. The van der Waals surface area contributed by atoms with E-state index in [1.165, 1.54) is 87.3 Å². The van der Waals surface area contributed by atoms with Crippen molar-refractivity contribution in [2.24, 2.45) is 0 Å². The Morgan fingerprint density at radius 1 is 0.562 bits per heavy atom. The molecule has 2 bridgehead atoms. The summed E-state index contributed by atoms with van der Waals surface area (Å²) < 4.78 is 0. The summed E-state index contributed by atoms with van der Waals surface area (Å²) in [6.45, 7) is 7.07. The van der Waals surface area contributed by atoms with Crippen LogP contribution < -0.4 is 4.90 Å². The predicted molar refractivity (Wildman–Crippen MR) is 199 cm³/mol. The quantitative estimate of drug-likeness (QED) is 0.190. The van der Waals surface area contributed by atoms with Crippen molar-refractivity contribution in [2.45, 2.75) is 68.6 Å². The number of hydrogen-bond acceptors (Lipinski definition) is 1. The fraction of sp³-hybridized carbons (Fsp3) is 0.234. The van der Waals surface area contributed by atoms with E-state index in [4.69, 9.17) is 0 Å². The van der Waals surface area contributed by atoms with Crippen molar-refractivity contribution in [3.05, 3.63) is 184 Å². The molecule has 1 aliphatic heterocycles. The molecule has 1 saturated carbocycles. The van der Waals surface area contributed by atoms with Crippen LogP contribution in [0.5, 0.6) is 0 Å². The highest BCUT2D eigenvalue weighted by Crippen LogP contribution is 2.65. The summed E-state index contributed by atoms with van der Waals surface area (Å²) in [6.07, 6.45) is 5.09. The van der Waals surface area contributed by atoms with E-state index in [1.807, 2.05) is 0 Å². The van der Waals surface area contributed by atoms with E-state index in [2.05, 4.69) is 165 Å². The molecule has 234 valence electrons. The van der Waals surface area contributed by atoms with E-state index < -0.39 is 5.41 Å². The Hall–Kier alpha value is -4.88. The van der Waals surface area contributed by atoms with Gasteiger partial charge in [0.2, 0.25) is 0 Å². The molecule has 1 heterocycles. The predicted octanol–water partition coefficient (Wildman–Crippen LogP) is 12.1. The summed E-state index contributed by atoms with van der Waals surface area (Å²) in [5.74, 6) is 0.675. The van der Waals surface area contributed by atoms with Crippen LogP contribution in [0.15, 0.2) is 140 Å². The monoisotopic (exact) mass is 619 g/mol. The van der Waals surface area contributed by atoms with Crippen molar-refractivity contribution in [3.63, 3.8) is 0 Å². The molecule has 1 spiro atoms. The van der Waals surface area contributed by atoms with Crippen LogP contribution in [-0.2, 0) is 16.2 Å². The van der Waals surface area contributed by atoms with Gasteiger partial charge in [0.1, 0.15) is 0 Å². The van der Waals surface area contributed by atoms with Crippen molar-refractivity contribution >= 4 is 17.1 Å². The van der Waals surface area contributed by atoms with Crippen LogP contribution in [0.3, 0.4) is 0 Å². The van der Waals surface area contributed by atoms with Gasteiger partial charge in [-0.05, 0) is 117 Å². The van der Waals surface area contributed by atoms with Crippen molar-refractivity contribution in [1.29, 1.82) is 0 Å². The number of anilines is 3. The summed E-state index contributed by atoms with van der Waals surface area (Å²) >= 11 is 0. The topological polar surface area (TPSA) is 3.24 Å². The highest BCUT2D eigenvalue weighted by atomic mass is 15.2. The molecule has 11 rings (SSSR count). The molecule has 6 aromatic rings. The van der Waals surface area contributed by atoms with Crippen LogP contribution in [0, 0.1) is 0 Å². The van der Waals surface area contributed by atoms with Crippen molar-refractivity contribution in [3.8, 4) is 11.1 Å². The van der Waals surface area contributed by atoms with E-state index >= 15 is 0 Å². The molecule has 5 aliphatic rings. The van der Waals surface area contributed by atoms with Gasteiger partial charge in [0.05, 0.1) is 16.8 Å². The summed E-state index contributed by atoms with van der Waals surface area (Å²) in [5, 5.41) is 0. The minimum absolute atomic E-state index is 0.0898. The van der Waals surface area contributed by atoms with Crippen LogP contribution in [0.1, 0.15) is 96.9 Å². The second-order valence-electron chi connectivity index (χ2n) is 15.7. The zero-order valence-electron chi connectivity index (χ0n) is 28.1. The Bertz CT molecular complexity index is 2190. The fourth-order valence-corrected chi connectivity index (χ4v) is 10.2. The number of nitrogens with zero attached hydrogens (tertiary/aromatic N) is 1. The maximum Gasteiger partial charge on any atom is 0.0714 e. The first-order valence-electron chi connectivity index (χ1n) is 17.9. The Labute approximate surface area is 284 Å². The molecule has 0 N–H and O–H groups in total. The zero-order chi connectivity index (χ0) is 32.3. The summed E-state index contributed by atoms with van der Waals surface area (Å²) in [7, 11) is 0. The maximum atomic E-state index is 2.62. The number of benzene rings is 6. The molecule has 1 heteroatoms. The smallest absolute Gasteiger partial charge is 0.0714 e. The Morgan fingerprint density at radius 3 is 1.94 bits per heavy atom. The van der Waals surface area contributed by atoms with E-state index in [0.29, 0.717) is 5.92 Å². The standard InChI is InChI=1S/C47H41N/c1-45(2,3)34-21-24-42-41(29-34)46-27-25-31(26-28-46)36-18-12-20-43(44(36)46)48(42)35-22-23-38-37-17-10-11-19-39(37)47(40(38)30-35,32-13-6-4-7-14-32)33-15-8-5-9-16-33/h4-24,29-31H,25-28H2,1-3H3. The van der Waals surface area contributed by atoms with Crippen molar-refractivity contribution < 1.29 is 0 Å². The first kappa shape index (κ1) is 28.2. The third-order valence-corrected chi connectivity index (χ3v) is 12.4. The van der Waals surface area contributed by atoms with Gasteiger partial charge >= 0.3 is 0 Å². The highest BCUT2D eigenvalue weighted by Gasteiger charge is 2.52. The van der Waals surface area contributed by atoms with Gasteiger partial charge in [-0.25, -0.2) is 0 Å². The average molecular weight is 620 g/mol. The molecule has 0 saturated heterocycles. The molecular formula is C47H41N. The van der Waals surface area contributed by atoms with Gasteiger partial charge in [-0.15, -0.1) is 0 Å². The van der Waals surface area contributed by atoms with Gasteiger partial charge in [0.15, 0.2) is 0 Å². The number of fused-ring (bicyclic) bond motifs is 6. The summed E-state index contributed by atoms with van der Waals surface area (Å²) in [5.41, 5.74) is 17.9. The van der Waals surface area contributed by atoms with Gasteiger partial charge < -0.3 is 4.90 Å². The Morgan fingerprint density at radius 2 is 1.23 bits per heavy atom. The molecular weight excluding hydrogens is 579 g/mol. The van der Waals surface area contributed by atoms with Crippen molar-refractivity contribution in [2.75, 3.05) is 4.90 Å². The summed E-state index contributed by atoms with van der Waals surface area (Å²) in [6, 6.07) is 53.4. The molecule has 0 aromatic heterocycles. The van der Waals surface area contributed by atoms with Crippen LogP contribution in [0.4, 0.5) is 17.1 Å². The molecule has 1 fully saturated rings. The molecule has 0 atom stereocenters. The first-order chi connectivity index (χ1) is 23.4. The SMILES string of the molecule is CC(C)(C)c1ccc2c(c1)C13CCC(CC1)c1cccc(c13)N2c1ccc2c(c1)C(c1ccccc1)(c1ccccc1)c1ccccc1-2. The van der Waals surface area contributed by atoms with E-state index in [9.17, 15) is 0 Å². The van der Waals surface area contributed by atoms with Gasteiger partial charge in [0, 0.05) is 11.1 Å². The molecule has 48 heavy (non-hydrogen) atoms. The lowest BCUT2D eigenvalue weighted by atomic mass is 9.53. The number of hydrogen-bond donors (Lipinski definition) is 0. The lowest BCUT2D eigenvalue weighted by Gasteiger charge is -2.54. The maximum absolute atomic E-state index is 2.62. The second kappa shape index (κ2) is 9.83.